The van der Waals surface area contributed by atoms with Crippen molar-refractivity contribution >= 4 is 6.20 Å². The Bertz CT molecular complexity index is 350. The van der Waals surface area contributed by atoms with Gasteiger partial charge in [0.15, 0.2) is 0 Å². The molecule has 2 rings (SSSR count). The van der Waals surface area contributed by atoms with E-state index < -0.39 is 0 Å². The van der Waals surface area contributed by atoms with Gasteiger partial charge in [-0.1, -0.05) is 13.5 Å². The van der Waals surface area contributed by atoms with Gasteiger partial charge in [0.1, 0.15) is 0 Å². The first-order valence-electron chi connectivity index (χ1n) is 6.43. The molecule has 0 aromatic carbocycles. The second-order valence-electron chi connectivity index (χ2n) is 4.60. The predicted octanol–water partition coefficient (Wildman–Crippen LogP) is 1.56. The van der Waals surface area contributed by atoms with Crippen molar-refractivity contribution in [1.29, 1.82) is 0 Å². The molecule has 1 N–H and O–H groups in total. The Morgan fingerprint density at radius 1 is 1.53 bits per heavy atom. The number of hydrogen-bond donors (Lipinski definition) is 1. The lowest BCUT2D eigenvalue weighted by atomic mass is 10.1. The Kier molecular flexibility index (Phi) is 4.34. The molecule has 1 aliphatic heterocycles. The maximum Gasteiger partial charge on any atom is 0.0538 e. The van der Waals surface area contributed by atoms with Crippen molar-refractivity contribution in [2.24, 2.45) is 0 Å². The molecule has 1 fully saturated rings. The van der Waals surface area contributed by atoms with E-state index in [4.69, 9.17) is 0 Å². The summed E-state index contributed by atoms with van der Waals surface area (Å²) in [5.41, 5.74) is 1.22. The van der Waals surface area contributed by atoms with Gasteiger partial charge in [-0.15, -0.1) is 0 Å². The molecule has 17 heavy (non-hydrogen) atoms. The number of nitrogens with one attached hydrogen (secondary N) is 1. The third-order valence-electron chi connectivity index (χ3n) is 3.47. The van der Waals surface area contributed by atoms with E-state index in [9.17, 15) is 0 Å². The van der Waals surface area contributed by atoms with Crippen LogP contribution in [0.5, 0.6) is 0 Å². The van der Waals surface area contributed by atoms with E-state index in [1.54, 1.807) is 10.9 Å². The lowest BCUT2D eigenvalue weighted by molar-refractivity contribution is 0.206. The number of aromatic nitrogens is 2. The van der Waals surface area contributed by atoms with Crippen molar-refractivity contribution in [1.82, 2.24) is 20.0 Å². The lowest BCUT2D eigenvalue weighted by Gasteiger charge is -2.31. The van der Waals surface area contributed by atoms with E-state index in [0.717, 1.165) is 6.54 Å². The SMILES string of the molecule is C=Cn1cc(CNC2CCN(CC)CC2)cn1. The molecule has 0 radical (unpaired) electrons. The Morgan fingerprint density at radius 3 is 2.88 bits per heavy atom. The van der Waals surface area contributed by atoms with Gasteiger partial charge in [-0.25, -0.2) is 4.68 Å². The smallest absolute Gasteiger partial charge is 0.0538 e. The minimum Gasteiger partial charge on any atom is -0.310 e. The van der Waals surface area contributed by atoms with Crippen LogP contribution >= 0.6 is 0 Å². The summed E-state index contributed by atoms with van der Waals surface area (Å²) in [5.74, 6) is 0. The zero-order chi connectivity index (χ0) is 12.1. The normalized spacial score (nSPS) is 18.4. The molecule has 0 bridgehead atoms. The first kappa shape index (κ1) is 12.3. The molecule has 1 aromatic rings. The molecular formula is C13H22N4. The number of likely N-dealkylation sites (tertiary alicyclic amines) is 1. The van der Waals surface area contributed by atoms with Crippen LogP contribution < -0.4 is 5.32 Å². The summed E-state index contributed by atoms with van der Waals surface area (Å²) >= 11 is 0. The molecule has 4 heteroatoms. The lowest BCUT2D eigenvalue weighted by Crippen LogP contribution is -2.42. The highest BCUT2D eigenvalue weighted by molar-refractivity contribution is 5.17. The van der Waals surface area contributed by atoms with Crippen LogP contribution in [0.4, 0.5) is 0 Å². The zero-order valence-corrected chi connectivity index (χ0v) is 10.6. The fraction of sp³-hybridized carbons (Fsp3) is 0.615. The number of hydrogen-bond acceptors (Lipinski definition) is 3. The van der Waals surface area contributed by atoms with E-state index in [1.807, 2.05) is 12.4 Å². The molecule has 1 aliphatic rings. The van der Waals surface area contributed by atoms with Crippen molar-refractivity contribution in [3.63, 3.8) is 0 Å². The van der Waals surface area contributed by atoms with Gasteiger partial charge in [0.25, 0.3) is 0 Å². The number of piperidine rings is 1. The average Bonchev–Trinajstić information content (AvgIpc) is 2.85. The number of nitrogens with zero attached hydrogens (tertiary/aromatic N) is 3. The summed E-state index contributed by atoms with van der Waals surface area (Å²) in [7, 11) is 0. The minimum absolute atomic E-state index is 0.657. The van der Waals surface area contributed by atoms with Gasteiger partial charge in [0.2, 0.25) is 0 Å². The van der Waals surface area contributed by atoms with Gasteiger partial charge in [-0.2, -0.15) is 5.10 Å². The number of rotatable bonds is 5. The average molecular weight is 234 g/mol. The molecule has 2 heterocycles. The largest absolute Gasteiger partial charge is 0.310 e. The highest BCUT2D eigenvalue weighted by atomic mass is 15.2. The van der Waals surface area contributed by atoms with Crippen LogP contribution in [0.25, 0.3) is 6.20 Å². The highest BCUT2D eigenvalue weighted by Gasteiger charge is 2.17. The topological polar surface area (TPSA) is 33.1 Å². The van der Waals surface area contributed by atoms with E-state index in [-0.39, 0.29) is 0 Å². The van der Waals surface area contributed by atoms with Gasteiger partial charge in [-0.05, 0) is 32.5 Å². The second-order valence-corrected chi connectivity index (χ2v) is 4.60. The van der Waals surface area contributed by atoms with Gasteiger partial charge in [-0.3, -0.25) is 0 Å². The van der Waals surface area contributed by atoms with Crippen LogP contribution in [-0.2, 0) is 6.54 Å². The molecule has 1 aromatic heterocycles. The summed E-state index contributed by atoms with van der Waals surface area (Å²) in [4.78, 5) is 2.51. The van der Waals surface area contributed by atoms with Crippen molar-refractivity contribution in [2.75, 3.05) is 19.6 Å². The monoisotopic (exact) mass is 234 g/mol. The molecule has 4 nitrogen and oxygen atoms in total. The molecule has 94 valence electrons. The van der Waals surface area contributed by atoms with Gasteiger partial charge < -0.3 is 10.2 Å². The first-order valence-corrected chi connectivity index (χ1v) is 6.43. The summed E-state index contributed by atoms with van der Waals surface area (Å²) in [5, 5.41) is 7.78. The fourth-order valence-corrected chi connectivity index (χ4v) is 2.28. The van der Waals surface area contributed by atoms with Crippen LogP contribution in [-0.4, -0.2) is 40.4 Å². The van der Waals surface area contributed by atoms with Crippen LogP contribution in [0.15, 0.2) is 19.0 Å². The maximum absolute atomic E-state index is 4.17. The summed E-state index contributed by atoms with van der Waals surface area (Å²) in [6.45, 7) is 10.5. The van der Waals surface area contributed by atoms with E-state index in [1.165, 1.54) is 38.0 Å². The molecule has 1 saturated heterocycles. The fourth-order valence-electron chi connectivity index (χ4n) is 2.28. The van der Waals surface area contributed by atoms with Gasteiger partial charge >= 0.3 is 0 Å². The van der Waals surface area contributed by atoms with Crippen LogP contribution in [0.3, 0.4) is 0 Å². The third kappa shape index (κ3) is 3.41. The van der Waals surface area contributed by atoms with Crippen molar-refractivity contribution in [3.05, 3.63) is 24.5 Å². The summed E-state index contributed by atoms with van der Waals surface area (Å²) in [6.07, 6.45) is 8.13. The zero-order valence-electron chi connectivity index (χ0n) is 10.6. The Hall–Kier alpha value is -1.13. The molecule has 0 atom stereocenters. The molecule has 0 saturated carbocycles. The van der Waals surface area contributed by atoms with Crippen LogP contribution in [0.2, 0.25) is 0 Å². The standard InChI is InChI=1S/C13H22N4/c1-3-16-7-5-13(6-8-16)14-9-12-10-15-17(4-2)11-12/h4,10-11,13-14H,2-3,5-9H2,1H3. The quantitative estimate of drug-likeness (QED) is 0.839. The molecule has 0 amide bonds. The first-order chi connectivity index (χ1) is 8.31. The van der Waals surface area contributed by atoms with E-state index >= 15 is 0 Å². The minimum atomic E-state index is 0.657. The Morgan fingerprint density at radius 2 is 2.29 bits per heavy atom. The molecule has 0 aliphatic carbocycles. The summed E-state index contributed by atoms with van der Waals surface area (Å²) in [6, 6.07) is 0.657. The molecular weight excluding hydrogens is 212 g/mol. The van der Waals surface area contributed by atoms with Crippen molar-refractivity contribution in [3.8, 4) is 0 Å². The highest BCUT2D eigenvalue weighted by Crippen LogP contribution is 2.10. The molecule has 0 spiro atoms. The maximum atomic E-state index is 4.17. The van der Waals surface area contributed by atoms with Crippen molar-refractivity contribution < 1.29 is 0 Å². The predicted molar refractivity (Wildman–Crippen MR) is 70.6 cm³/mol. The van der Waals surface area contributed by atoms with Crippen molar-refractivity contribution in [2.45, 2.75) is 32.4 Å². The van der Waals surface area contributed by atoms with Crippen LogP contribution in [0, 0.1) is 0 Å². The Labute approximate surface area is 103 Å². The Balaban J connectivity index is 1.73. The van der Waals surface area contributed by atoms with Crippen LogP contribution in [0.1, 0.15) is 25.3 Å². The van der Waals surface area contributed by atoms with Gasteiger partial charge in [0, 0.05) is 30.5 Å². The third-order valence-corrected chi connectivity index (χ3v) is 3.47. The van der Waals surface area contributed by atoms with E-state index in [2.05, 4.69) is 28.8 Å². The van der Waals surface area contributed by atoms with Gasteiger partial charge in [0.05, 0.1) is 6.20 Å². The van der Waals surface area contributed by atoms with E-state index in [0.29, 0.717) is 6.04 Å². The second kappa shape index (κ2) is 5.98. The molecule has 0 unspecified atom stereocenters. The summed E-state index contributed by atoms with van der Waals surface area (Å²) < 4.78 is 1.75.